The third-order valence-electron chi connectivity index (χ3n) is 18.7. The van der Waals surface area contributed by atoms with Crippen LogP contribution in [0.5, 0.6) is 0 Å². The molecule has 514 valence electrons. The number of aliphatic hydroxyl groups excluding tert-OH is 5. The highest BCUT2D eigenvalue weighted by molar-refractivity contribution is 5.76. The van der Waals surface area contributed by atoms with Crippen molar-refractivity contribution in [2.24, 2.45) is 0 Å². The van der Waals surface area contributed by atoms with Crippen molar-refractivity contribution in [3.05, 3.63) is 36.5 Å². The van der Waals surface area contributed by atoms with Crippen LogP contribution in [0.4, 0.5) is 0 Å². The van der Waals surface area contributed by atoms with Gasteiger partial charge in [0.05, 0.1) is 25.4 Å². The first-order chi connectivity index (χ1) is 42.8. The van der Waals surface area contributed by atoms with Crippen molar-refractivity contribution in [2.75, 3.05) is 13.2 Å². The average molecular weight is 1230 g/mol. The second-order valence-electron chi connectivity index (χ2n) is 27.1. The number of amides is 1. The van der Waals surface area contributed by atoms with E-state index in [0.29, 0.717) is 6.42 Å². The van der Waals surface area contributed by atoms with Crippen molar-refractivity contribution in [3.63, 3.8) is 0 Å². The summed E-state index contributed by atoms with van der Waals surface area (Å²) in [5.74, 6) is -0.182. The van der Waals surface area contributed by atoms with Gasteiger partial charge in [0.2, 0.25) is 5.91 Å². The maximum atomic E-state index is 13.1. The van der Waals surface area contributed by atoms with Crippen LogP contribution < -0.4 is 5.32 Å². The molecule has 0 spiro atoms. The van der Waals surface area contributed by atoms with Crippen molar-refractivity contribution < 1.29 is 39.8 Å². The molecular formula is C78H149NO8. The second kappa shape index (κ2) is 67.3. The minimum Gasteiger partial charge on any atom is -0.394 e. The third-order valence-corrected chi connectivity index (χ3v) is 18.7. The Morgan fingerprint density at radius 3 is 0.966 bits per heavy atom. The van der Waals surface area contributed by atoms with Crippen molar-refractivity contribution in [3.8, 4) is 0 Å². The number of carbonyl (C=O) groups excluding carboxylic acids is 1. The van der Waals surface area contributed by atoms with E-state index in [-0.39, 0.29) is 12.5 Å². The Hall–Kier alpha value is -1.59. The van der Waals surface area contributed by atoms with Crippen LogP contribution in [0.2, 0.25) is 0 Å². The molecule has 6 N–H and O–H groups in total. The summed E-state index contributed by atoms with van der Waals surface area (Å²) in [5, 5.41) is 54.8. The number of hydrogen-bond acceptors (Lipinski definition) is 8. The Morgan fingerprint density at radius 2 is 0.655 bits per heavy atom. The van der Waals surface area contributed by atoms with Crippen LogP contribution in [0, 0.1) is 0 Å². The largest absolute Gasteiger partial charge is 0.394 e. The van der Waals surface area contributed by atoms with Gasteiger partial charge < -0.3 is 40.3 Å². The fourth-order valence-corrected chi connectivity index (χ4v) is 12.7. The van der Waals surface area contributed by atoms with Gasteiger partial charge >= 0.3 is 0 Å². The molecule has 0 aromatic rings. The fraction of sp³-hybridized carbons (Fsp3) is 0.910. The maximum absolute atomic E-state index is 13.1. The van der Waals surface area contributed by atoms with Crippen LogP contribution in [0.1, 0.15) is 399 Å². The zero-order valence-electron chi connectivity index (χ0n) is 57.8. The van der Waals surface area contributed by atoms with Crippen molar-refractivity contribution in [1.29, 1.82) is 0 Å². The lowest BCUT2D eigenvalue weighted by molar-refractivity contribution is -0.302. The minimum absolute atomic E-state index is 0.182. The molecule has 9 nitrogen and oxygen atoms in total. The minimum atomic E-state index is -1.58. The monoisotopic (exact) mass is 1230 g/mol. The lowest BCUT2D eigenvalue weighted by Crippen LogP contribution is -2.60. The lowest BCUT2D eigenvalue weighted by atomic mass is 9.99. The summed E-state index contributed by atoms with van der Waals surface area (Å²) in [6.07, 6.45) is 84.4. The Labute approximate surface area is 540 Å². The smallest absolute Gasteiger partial charge is 0.220 e. The third kappa shape index (κ3) is 55.7. The molecule has 1 fully saturated rings. The number of hydrogen-bond donors (Lipinski definition) is 6. The first kappa shape index (κ1) is 83.4. The van der Waals surface area contributed by atoms with Crippen LogP contribution in [-0.2, 0) is 14.3 Å². The number of carbonyl (C=O) groups is 1. The van der Waals surface area contributed by atoms with E-state index in [9.17, 15) is 30.3 Å². The highest BCUT2D eigenvalue weighted by Crippen LogP contribution is 2.24. The molecule has 0 aromatic carbocycles. The summed E-state index contributed by atoms with van der Waals surface area (Å²) in [6.45, 7) is 3.82. The maximum Gasteiger partial charge on any atom is 0.220 e. The number of rotatable bonds is 69. The van der Waals surface area contributed by atoms with E-state index in [4.69, 9.17) is 9.47 Å². The van der Waals surface area contributed by atoms with Gasteiger partial charge in [-0.25, -0.2) is 0 Å². The van der Waals surface area contributed by atoms with Crippen molar-refractivity contribution >= 4 is 5.91 Å². The molecule has 1 aliphatic heterocycles. The molecule has 9 heteroatoms. The summed E-state index contributed by atoms with van der Waals surface area (Å²) >= 11 is 0. The number of allylic oxidation sites excluding steroid dienone is 5. The van der Waals surface area contributed by atoms with Gasteiger partial charge in [0.1, 0.15) is 24.4 Å². The molecule has 0 bridgehead atoms. The number of aliphatic hydroxyl groups is 5. The number of unbranched alkanes of at least 4 members (excludes halogenated alkanes) is 55. The van der Waals surface area contributed by atoms with Crippen LogP contribution >= 0.6 is 0 Å². The summed E-state index contributed by atoms with van der Waals surface area (Å²) in [6, 6.07) is -0.828. The predicted molar refractivity (Wildman–Crippen MR) is 373 cm³/mol. The van der Waals surface area contributed by atoms with E-state index in [2.05, 4.69) is 43.5 Å². The second-order valence-corrected chi connectivity index (χ2v) is 27.1. The van der Waals surface area contributed by atoms with E-state index in [1.807, 2.05) is 6.08 Å². The molecule has 1 heterocycles. The topological polar surface area (TPSA) is 149 Å². The van der Waals surface area contributed by atoms with Crippen LogP contribution in [0.15, 0.2) is 36.5 Å². The van der Waals surface area contributed by atoms with E-state index >= 15 is 0 Å². The molecule has 0 aromatic heterocycles. The average Bonchev–Trinajstić information content (AvgIpc) is 3.47. The van der Waals surface area contributed by atoms with Gasteiger partial charge in [0, 0.05) is 6.42 Å². The van der Waals surface area contributed by atoms with Crippen molar-refractivity contribution in [1.82, 2.24) is 5.32 Å². The van der Waals surface area contributed by atoms with E-state index < -0.39 is 49.5 Å². The normalized spacial score (nSPS) is 18.1. The first-order valence-corrected chi connectivity index (χ1v) is 38.7. The highest BCUT2D eigenvalue weighted by atomic mass is 16.7. The van der Waals surface area contributed by atoms with Crippen LogP contribution in [0.3, 0.4) is 0 Å². The van der Waals surface area contributed by atoms with Gasteiger partial charge in [-0.3, -0.25) is 4.79 Å². The van der Waals surface area contributed by atoms with E-state index in [1.54, 1.807) is 6.08 Å². The quantitative estimate of drug-likeness (QED) is 0.0261. The molecule has 1 saturated heterocycles. The molecule has 1 amide bonds. The van der Waals surface area contributed by atoms with Gasteiger partial charge in [0.25, 0.3) is 0 Å². The number of nitrogens with one attached hydrogen (secondary N) is 1. The van der Waals surface area contributed by atoms with Crippen LogP contribution in [-0.4, -0.2) is 87.5 Å². The molecule has 0 saturated carbocycles. The Kier molecular flexibility index (Phi) is 64.5. The van der Waals surface area contributed by atoms with Gasteiger partial charge in [-0.2, -0.15) is 0 Å². The zero-order chi connectivity index (χ0) is 62.8. The van der Waals surface area contributed by atoms with E-state index in [1.165, 1.54) is 334 Å². The van der Waals surface area contributed by atoms with E-state index in [0.717, 1.165) is 44.9 Å². The molecule has 87 heavy (non-hydrogen) atoms. The summed E-state index contributed by atoms with van der Waals surface area (Å²) in [7, 11) is 0. The molecule has 1 aliphatic rings. The summed E-state index contributed by atoms with van der Waals surface area (Å²) < 4.78 is 11.3. The molecule has 0 aliphatic carbocycles. The summed E-state index contributed by atoms with van der Waals surface area (Å²) in [4.78, 5) is 13.1. The molecule has 0 radical (unpaired) electrons. The van der Waals surface area contributed by atoms with Gasteiger partial charge in [0.15, 0.2) is 6.29 Å². The van der Waals surface area contributed by atoms with Gasteiger partial charge in [-0.05, 0) is 44.9 Å². The van der Waals surface area contributed by atoms with Crippen LogP contribution in [0.25, 0.3) is 0 Å². The Balaban J connectivity index is 2.08. The Morgan fingerprint density at radius 1 is 0.379 bits per heavy atom. The van der Waals surface area contributed by atoms with Crippen molar-refractivity contribution in [2.45, 2.75) is 442 Å². The lowest BCUT2D eigenvalue weighted by Gasteiger charge is -2.40. The SMILES string of the molecule is CCCCCCCCCCCCCCCCCC/C=C/CC/C=C/CC/C=C/C(O)C(COC1OC(CO)C(O)C(O)C1O)NC(=O)CCCCCCCCCCCCCCCCCCCCCCCCCCCCCCCCCCCCCCCC. The predicted octanol–water partition coefficient (Wildman–Crippen LogP) is 21.8. The molecular weight excluding hydrogens is 1080 g/mol. The Bertz CT molecular complexity index is 1470. The zero-order valence-corrected chi connectivity index (χ0v) is 57.8. The van der Waals surface area contributed by atoms with Gasteiger partial charge in [-0.1, -0.05) is 384 Å². The first-order valence-electron chi connectivity index (χ1n) is 38.7. The molecule has 1 rings (SSSR count). The van der Waals surface area contributed by atoms with Gasteiger partial charge in [-0.15, -0.1) is 0 Å². The number of ether oxygens (including phenoxy) is 2. The molecule has 7 atom stereocenters. The summed E-state index contributed by atoms with van der Waals surface area (Å²) in [5.41, 5.74) is 0. The molecule has 7 unspecified atom stereocenters. The standard InChI is InChI=1S/C78H149NO8/c1-3-5-7-9-11-13-15-17-19-21-23-25-27-29-31-32-33-34-35-36-37-38-39-40-41-42-44-46-48-50-52-54-56-58-60-62-64-66-68-74(82)79-71(70-86-78-77(85)76(84)75(83)73(69-80)87-78)72(81)67-65-63-61-59-57-55-53-51-49-47-45-43-30-28-26-24-22-20-18-16-14-12-10-8-6-4-2/h49,51,57,59,65,67,71-73,75-78,80-81,83-85H,3-48,50,52-56,58,60-64,66,68-70H2,1-2H3,(H,79,82)/b51-49+,59-57+,67-65+. The fourth-order valence-electron chi connectivity index (χ4n) is 12.7. The highest BCUT2D eigenvalue weighted by Gasteiger charge is 2.44.